The van der Waals surface area contributed by atoms with Crippen LogP contribution >= 0.6 is 0 Å². The van der Waals surface area contributed by atoms with E-state index < -0.39 is 0 Å². The molecule has 1 amide bonds. The van der Waals surface area contributed by atoms with Crippen LogP contribution in [0.15, 0.2) is 0 Å². The molecule has 3 nitrogen and oxygen atoms in total. The average molecular weight is 254 g/mol. The predicted octanol–water partition coefficient (Wildman–Crippen LogP) is 3.12. The molecule has 1 saturated carbocycles. The summed E-state index contributed by atoms with van der Waals surface area (Å²) in [6, 6.07) is 0. The number of nitrogens with one attached hydrogen (secondary N) is 1. The van der Waals surface area contributed by atoms with E-state index in [9.17, 15) is 4.79 Å². The van der Waals surface area contributed by atoms with Crippen LogP contribution in [0.25, 0.3) is 0 Å². The van der Waals surface area contributed by atoms with Gasteiger partial charge in [0.25, 0.3) is 0 Å². The van der Waals surface area contributed by atoms with Gasteiger partial charge in [-0.25, -0.2) is 0 Å². The van der Waals surface area contributed by atoms with Crippen molar-refractivity contribution in [2.45, 2.75) is 82.6 Å². The van der Waals surface area contributed by atoms with Crippen LogP contribution in [-0.4, -0.2) is 18.5 Å². The SMILES string of the molecule is CNC1(CC(N)=O)CCCCCCCCCCC1. The highest BCUT2D eigenvalue weighted by atomic mass is 16.1. The summed E-state index contributed by atoms with van der Waals surface area (Å²) in [5.41, 5.74) is 5.38. The summed E-state index contributed by atoms with van der Waals surface area (Å²) in [6.45, 7) is 0. The Hall–Kier alpha value is -0.570. The number of amides is 1. The van der Waals surface area contributed by atoms with Crippen LogP contribution in [0.2, 0.25) is 0 Å². The third kappa shape index (κ3) is 5.85. The Kier molecular flexibility index (Phi) is 7.33. The summed E-state index contributed by atoms with van der Waals surface area (Å²) in [5, 5.41) is 3.40. The van der Waals surface area contributed by atoms with Crippen LogP contribution < -0.4 is 11.1 Å². The van der Waals surface area contributed by atoms with E-state index in [-0.39, 0.29) is 11.4 Å². The molecule has 0 heterocycles. The Morgan fingerprint density at radius 1 is 0.944 bits per heavy atom. The van der Waals surface area contributed by atoms with Crippen LogP contribution in [0.5, 0.6) is 0 Å². The highest BCUT2D eigenvalue weighted by molar-refractivity contribution is 5.75. The maximum atomic E-state index is 11.3. The van der Waals surface area contributed by atoms with E-state index in [0.29, 0.717) is 6.42 Å². The van der Waals surface area contributed by atoms with E-state index in [4.69, 9.17) is 5.73 Å². The zero-order valence-electron chi connectivity index (χ0n) is 12.0. The van der Waals surface area contributed by atoms with Gasteiger partial charge in [0.15, 0.2) is 0 Å². The molecule has 18 heavy (non-hydrogen) atoms. The molecule has 1 aliphatic carbocycles. The lowest BCUT2D eigenvalue weighted by molar-refractivity contribution is -0.119. The van der Waals surface area contributed by atoms with Gasteiger partial charge in [-0.05, 0) is 19.9 Å². The summed E-state index contributed by atoms with van der Waals surface area (Å²) >= 11 is 0. The zero-order valence-corrected chi connectivity index (χ0v) is 12.0. The second kappa shape index (κ2) is 8.52. The summed E-state index contributed by atoms with van der Waals surface area (Å²) in [7, 11) is 1.98. The molecule has 106 valence electrons. The van der Waals surface area contributed by atoms with Crippen LogP contribution in [0.3, 0.4) is 0 Å². The Morgan fingerprint density at radius 2 is 1.33 bits per heavy atom. The number of carbonyl (C=O) groups excluding carboxylic acids is 1. The molecule has 3 heteroatoms. The maximum absolute atomic E-state index is 11.3. The number of carbonyl (C=O) groups is 1. The van der Waals surface area contributed by atoms with Crippen molar-refractivity contribution in [3.8, 4) is 0 Å². The molecule has 0 spiro atoms. The van der Waals surface area contributed by atoms with Gasteiger partial charge >= 0.3 is 0 Å². The van der Waals surface area contributed by atoms with Crippen molar-refractivity contribution < 1.29 is 4.79 Å². The molecule has 3 N–H and O–H groups in total. The van der Waals surface area contributed by atoms with E-state index in [1.807, 2.05) is 7.05 Å². The largest absolute Gasteiger partial charge is 0.370 e. The van der Waals surface area contributed by atoms with E-state index in [1.165, 1.54) is 57.8 Å². The van der Waals surface area contributed by atoms with Gasteiger partial charge < -0.3 is 11.1 Å². The fourth-order valence-corrected chi connectivity index (χ4v) is 3.14. The molecule has 0 aromatic heterocycles. The van der Waals surface area contributed by atoms with Gasteiger partial charge in [-0.1, -0.05) is 57.8 Å². The first-order valence-electron chi connectivity index (χ1n) is 7.66. The van der Waals surface area contributed by atoms with Gasteiger partial charge in [0, 0.05) is 12.0 Å². The van der Waals surface area contributed by atoms with Crippen LogP contribution in [0.1, 0.15) is 77.0 Å². The standard InChI is InChI=1S/C15H30N2O/c1-17-15(13-14(16)18)11-9-7-5-3-2-4-6-8-10-12-15/h17H,2-13H2,1H3,(H2,16,18). The van der Waals surface area contributed by atoms with Crippen molar-refractivity contribution in [3.05, 3.63) is 0 Å². The molecule has 0 unspecified atom stereocenters. The van der Waals surface area contributed by atoms with Crippen molar-refractivity contribution >= 4 is 5.91 Å². The molecular formula is C15H30N2O. The number of primary amides is 1. The average Bonchev–Trinajstić information content (AvgIpc) is 2.32. The van der Waals surface area contributed by atoms with Crippen molar-refractivity contribution in [3.63, 3.8) is 0 Å². The van der Waals surface area contributed by atoms with Crippen molar-refractivity contribution in [1.82, 2.24) is 5.32 Å². The molecule has 1 aliphatic rings. The van der Waals surface area contributed by atoms with Crippen molar-refractivity contribution in [2.24, 2.45) is 5.73 Å². The monoisotopic (exact) mass is 254 g/mol. The van der Waals surface area contributed by atoms with E-state index in [0.717, 1.165) is 12.8 Å². The minimum Gasteiger partial charge on any atom is -0.370 e. The van der Waals surface area contributed by atoms with Crippen LogP contribution in [-0.2, 0) is 4.79 Å². The normalized spacial score (nSPS) is 22.7. The second-order valence-corrected chi connectivity index (χ2v) is 5.86. The molecule has 0 aliphatic heterocycles. The summed E-state index contributed by atoms with van der Waals surface area (Å²) in [6.07, 6.45) is 14.5. The molecule has 0 aromatic carbocycles. The molecule has 0 bridgehead atoms. The van der Waals surface area contributed by atoms with Gasteiger partial charge in [-0.15, -0.1) is 0 Å². The quantitative estimate of drug-likeness (QED) is 0.813. The first kappa shape index (κ1) is 15.5. The Morgan fingerprint density at radius 3 is 1.67 bits per heavy atom. The van der Waals surface area contributed by atoms with Gasteiger partial charge in [-0.2, -0.15) is 0 Å². The third-order valence-corrected chi connectivity index (χ3v) is 4.35. The molecule has 0 saturated heterocycles. The van der Waals surface area contributed by atoms with Crippen molar-refractivity contribution in [2.75, 3.05) is 7.05 Å². The minimum absolute atomic E-state index is 0.0367. The number of nitrogens with two attached hydrogens (primary N) is 1. The van der Waals surface area contributed by atoms with Gasteiger partial charge in [0.1, 0.15) is 0 Å². The van der Waals surface area contributed by atoms with Gasteiger partial charge in [-0.3, -0.25) is 4.79 Å². The summed E-state index contributed by atoms with van der Waals surface area (Å²) < 4.78 is 0. The minimum atomic E-state index is -0.170. The molecule has 0 atom stereocenters. The number of rotatable bonds is 3. The highest BCUT2D eigenvalue weighted by Crippen LogP contribution is 2.27. The first-order chi connectivity index (χ1) is 8.68. The smallest absolute Gasteiger partial charge is 0.219 e. The van der Waals surface area contributed by atoms with Crippen molar-refractivity contribution in [1.29, 1.82) is 0 Å². The highest BCUT2D eigenvalue weighted by Gasteiger charge is 2.29. The molecule has 1 rings (SSSR count). The molecule has 1 fully saturated rings. The number of hydrogen-bond acceptors (Lipinski definition) is 2. The lowest BCUT2D eigenvalue weighted by atomic mass is 9.83. The summed E-state index contributed by atoms with van der Waals surface area (Å²) in [4.78, 5) is 11.3. The fraction of sp³-hybridized carbons (Fsp3) is 0.933. The van der Waals surface area contributed by atoms with E-state index in [1.54, 1.807) is 0 Å². The topological polar surface area (TPSA) is 55.1 Å². The lowest BCUT2D eigenvalue weighted by Gasteiger charge is -2.33. The molecular weight excluding hydrogens is 224 g/mol. The van der Waals surface area contributed by atoms with E-state index in [2.05, 4.69) is 5.32 Å². The summed E-state index contributed by atoms with van der Waals surface area (Å²) in [5.74, 6) is -0.170. The van der Waals surface area contributed by atoms with Gasteiger partial charge in [0.05, 0.1) is 0 Å². The van der Waals surface area contributed by atoms with Crippen LogP contribution in [0, 0.1) is 0 Å². The lowest BCUT2D eigenvalue weighted by Crippen LogP contribution is -2.46. The predicted molar refractivity (Wildman–Crippen MR) is 76.4 cm³/mol. The fourth-order valence-electron chi connectivity index (χ4n) is 3.14. The Labute approximate surface area is 112 Å². The second-order valence-electron chi connectivity index (χ2n) is 5.86. The first-order valence-corrected chi connectivity index (χ1v) is 7.66. The molecule has 0 aromatic rings. The maximum Gasteiger partial charge on any atom is 0.219 e. The number of hydrogen-bond donors (Lipinski definition) is 2. The Bertz CT molecular complexity index is 229. The zero-order chi connectivity index (χ0) is 13.3. The Balaban J connectivity index is 2.54. The third-order valence-electron chi connectivity index (χ3n) is 4.35. The van der Waals surface area contributed by atoms with E-state index >= 15 is 0 Å². The van der Waals surface area contributed by atoms with Crippen LogP contribution in [0.4, 0.5) is 0 Å². The molecule has 0 radical (unpaired) electrons. The van der Waals surface area contributed by atoms with Gasteiger partial charge in [0.2, 0.25) is 5.91 Å².